The Morgan fingerprint density at radius 2 is 1.64 bits per heavy atom. The second-order valence-corrected chi connectivity index (χ2v) is 5.33. The summed E-state index contributed by atoms with van der Waals surface area (Å²) in [6.45, 7) is 0. The van der Waals surface area contributed by atoms with Gasteiger partial charge in [0, 0.05) is 4.88 Å². The van der Waals surface area contributed by atoms with Gasteiger partial charge >= 0.3 is 12.1 Å². The highest BCUT2D eigenvalue weighted by atomic mass is 32.1. The van der Waals surface area contributed by atoms with E-state index >= 15 is 0 Å². The number of alkyl halides is 3. The molecule has 116 valence electrons. The van der Waals surface area contributed by atoms with E-state index in [1.807, 2.05) is 5.38 Å². The molecule has 0 bridgehead atoms. The van der Waals surface area contributed by atoms with E-state index in [0.29, 0.717) is 0 Å². The van der Waals surface area contributed by atoms with Crippen LogP contribution in [-0.2, 0) is 16.0 Å². The molecule has 2 amide bonds. The zero-order valence-electron chi connectivity index (χ0n) is 11.1. The topological polar surface area (TPSA) is 58.2 Å². The molecule has 0 saturated heterocycles. The van der Waals surface area contributed by atoms with Gasteiger partial charge in [-0.3, -0.25) is 9.59 Å². The Labute approximate surface area is 128 Å². The van der Waals surface area contributed by atoms with Crippen molar-refractivity contribution >= 4 is 34.5 Å². The van der Waals surface area contributed by atoms with Crippen LogP contribution in [0.3, 0.4) is 0 Å². The number of benzene rings is 1. The van der Waals surface area contributed by atoms with Crippen LogP contribution in [0.4, 0.5) is 24.5 Å². The molecule has 2 N–H and O–H groups in total. The first-order valence-corrected chi connectivity index (χ1v) is 7.03. The Morgan fingerprint density at radius 3 is 2.18 bits per heavy atom. The van der Waals surface area contributed by atoms with Crippen LogP contribution in [0.1, 0.15) is 4.88 Å². The summed E-state index contributed by atoms with van der Waals surface area (Å²) in [4.78, 5) is 23.7. The first-order chi connectivity index (χ1) is 10.4. The standard InChI is InChI=1S/C14H11F3N2O2S/c15-14(16,17)13(21)19-11-6-2-1-5-10(11)18-12(20)8-9-4-3-7-22-9/h1-7H,8H2,(H,18,20)(H,19,21). The third-order valence-corrected chi connectivity index (χ3v) is 3.50. The molecule has 1 heterocycles. The van der Waals surface area contributed by atoms with Crippen molar-refractivity contribution in [3.63, 3.8) is 0 Å². The van der Waals surface area contributed by atoms with Gasteiger partial charge in [-0.1, -0.05) is 18.2 Å². The third-order valence-electron chi connectivity index (χ3n) is 2.62. The fourth-order valence-corrected chi connectivity index (χ4v) is 2.36. The van der Waals surface area contributed by atoms with Crippen LogP contribution in [0, 0.1) is 0 Å². The zero-order valence-corrected chi connectivity index (χ0v) is 11.9. The molecule has 2 aromatic rings. The van der Waals surface area contributed by atoms with Gasteiger partial charge in [0.05, 0.1) is 17.8 Å². The second-order valence-electron chi connectivity index (χ2n) is 4.30. The van der Waals surface area contributed by atoms with Gasteiger partial charge in [0.15, 0.2) is 0 Å². The normalized spacial score (nSPS) is 11.0. The second kappa shape index (κ2) is 6.61. The number of hydrogen-bond acceptors (Lipinski definition) is 3. The molecular weight excluding hydrogens is 317 g/mol. The number of carbonyl (C=O) groups excluding carboxylic acids is 2. The maximum absolute atomic E-state index is 12.3. The molecule has 0 aliphatic rings. The molecule has 0 aliphatic heterocycles. The van der Waals surface area contributed by atoms with Crippen molar-refractivity contribution in [1.29, 1.82) is 0 Å². The Kier molecular flexibility index (Phi) is 4.81. The minimum Gasteiger partial charge on any atom is -0.324 e. The highest BCUT2D eigenvalue weighted by Crippen LogP contribution is 2.24. The summed E-state index contributed by atoms with van der Waals surface area (Å²) >= 11 is 1.40. The van der Waals surface area contributed by atoms with Gasteiger partial charge in [0.25, 0.3) is 0 Å². The highest BCUT2D eigenvalue weighted by Gasteiger charge is 2.39. The lowest BCUT2D eigenvalue weighted by molar-refractivity contribution is -0.167. The van der Waals surface area contributed by atoms with Crippen molar-refractivity contribution < 1.29 is 22.8 Å². The molecule has 1 aromatic carbocycles. The molecule has 0 atom stereocenters. The molecule has 22 heavy (non-hydrogen) atoms. The van der Waals surface area contributed by atoms with E-state index < -0.39 is 12.1 Å². The highest BCUT2D eigenvalue weighted by molar-refractivity contribution is 7.10. The van der Waals surface area contributed by atoms with Crippen LogP contribution in [0.2, 0.25) is 0 Å². The van der Waals surface area contributed by atoms with E-state index in [-0.39, 0.29) is 23.7 Å². The largest absolute Gasteiger partial charge is 0.471 e. The maximum atomic E-state index is 12.3. The smallest absolute Gasteiger partial charge is 0.324 e. The predicted octanol–water partition coefficient (Wildman–Crippen LogP) is 3.43. The summed E-state index contributed by atoms with van der Waals surface area (Å²) in [5.41, 5.74) is 0.00557. The average molecular weight is 328 g/mol. The van der Waals surface area contributed by atoms with E-state index in [1.54, 1.807) is 23.5 Å². The summed E-state index contributed by atoms with van der Waals surface area (Å²) in [5, 5.41) is 6.05. The quantitative estimate of drug-likeness (QED) is 0.903. The molecule has 0 fully saturated rings. The molecule has 8 heteroatoms. The monoisotopic (exact) mass is 328 g/mol. The van der Waals surface area contributed by atoms with Crippen LogP contribution >= 0.6 is 11.3 Å². The van der Waals surface area contributed by atoms with Gasteiger partial charge in [0.1, 0.15) is 0 Å². The number of anilines is 2. The van der Waals surface area contributed by atoms with Crippen LogP contribution in [0.5, 0.6) is 0 Å². The summed E-state index contributed by atoms with van der Waals surface area (Å²) in [6.07, 6.45) is -4.88. The molecule has 0 spiro atoms. The van der Waals surface area contributed by atoms with Gasteiger partial charge in [0.2, 0.25) is 5.91 Å². The lowest BCUT2D eigenvalue weighted by atomic mass is 10.2. The summed E-state index contributed by atoms with van der Waals surface area (Å²) in [7, 11) is 0. The summed E-state index contributed by atoms with van der Waals surface area (Å²) in [5.74, 6) is -2.47. The number of nitrogens with one attached hydrogen (secondary N) is 2. The van der Waals surface area contributed by atoms with Crippen molar-refractivity contribution in [1.82, 2.24) is 0 Å². The summed E-state index contributed by atoms with van der Waals surface area (Å²) in [6, 6.07) is 9.28. The van der Waals surface area contributed by atoms with E-state index in [1.165, 1.54) is 29.5 Å². The van der Waals surface area contributed by atoms with Crippen molar-refractivity contribution in [3.05, 3.63) is 46.7 Å². The molecule has 0 aliphatic carbocycles. The molecule has 1 aromatic heterocycles. The van der Waals surface area contributed by atoms with Crippen LogP contribution < -0.4 is 10.6 Å². The minimum absolute atomic E-state index is 0.107. The van der Waals surface area contributed by atoms with Gasteiger partial charge in [-0.2, -0.15) is 13.2 Å². The van der Waals surface area contributed by atoms with Crippen molar-refractivity contribution in [3.8, 4) is 0 Å². The Balaban J connectivity index is 2.08. The Hall–Kier alpha value is -2.35. The molecule has 4 nitrogen and oxygen atoms in total. The SMILES string of the molecule is O=C(Cc1cccs1)Nc1ccccc1NC(=O)C(F)(F)F. The number of para-hydroxylation sites is 2. The van der Waals surface area contributed by atoms with Gasteiger partial charge in [-0.25, -0.2) is 0 Å². The van der Waals surface area contributed by atoms with E-state index in [2.05, 4.69) is 5.32 Å². The number of thiophene rings is 1. The average Bonchev–Trinajstić information content (AvgIpc) is 2.92. The van der Waals surface area contributed by atoms with Gasteiger partial charge in [-0.15, -0.1) is 11.3 Å². The molecule has 0 radical (unpaired) electrons. The minimum atomic E-state index is -4.99. The van der Waals surface area contributed by atoms with Crippen LogP contribution in [-0.4, -0.2) is 18.0 Å². The van der Waals surface area contributed by atoms with E-state index in [4.69, 9.17) is 0 Å². The number of amides is 2. The maximum Gasteiger partial charge on any atom is 0.471 e. The zero-order chi connectivity index (χ0) is 16.2. The first kappa shape index (κ1) is 16.0. The molecule has 2 rings (SSSR count). The lowest BCUT2D eigenvalue weighted by Gasteiger charge is -2.13. The number of carbonyl (C=O) groups is 2. The number of halogens is 3. The van der Waals surface area contributed by atoms with Crippen LogP contribution in [0.25, 0.3) is 0 Å². The van der Waals surface area contributed by atoms with Crippen molar-refractivity contribution in [2.24, 2.45) is 0 Å². The third kappa shape index (κ3) is 4.32. The summed E-state index contributed by atoms with van der Waals surface area (Å²) < 4.78 is 36.8. The fourth-order valence-electron chi connectivity index (χ4n) is 1.66. The van der Waals surface area contributed by atoms with Crippen molar-refractivity contribution in [2.45, 2.75) is 12.6 Å². The van der Waals surface area contributed by atoms with Crippen LogP contribution in [0.15, 0.2) is 41.8 Å². The molecule has 0 saturated carbocycles. The van der Waals surface area contributed by atoms with Crippen molar-refractivity contribution in [2.75, 3.05) is 10.6 Å². The van der Waals surface area contributed by atoms with Gasteiger partial charge in [-0.05, 0) is 23.6 Å². The first-order valence-electron chi connectivity index (χ1n) is 6.15. The van der Waals surface area contributed by atoms with Gasteiger partial charge < -0.3 is 10.6 Å². The predicted molar refractivity (Wildman–Crippen MR) is 77.8 cm³/mol. The number of rotatable bonds is 4. The lowest BCUT2D eigenvalue weighted by Crippen LogP contribution is -2.30. The molecule has 0 unspecified atom stereocenters. The molecular formula is C14H11F3N2O2S. The number of hydrogen-bond donors (Lipinski definition) is 2. The Bertz CT molecular complexity index is 669. The fraction of sp³-hybridized carbons (Fsp3) is 0.143. The van der Waals surface area contributed by atoms with E-state index in [9.17, 15) is 22.8 Å². The Morgan fingerprint density at radius 1 is 1.00 bits per heavy atom. The van der Waals surface area contributed by atoms with E-state index in [0.717, 1.165) is 4.88 Å².